The Morgan fingerprint density at radius 1 is 1.00 bits per heavy atom. The highest BCUT2D eigenvalue weighted by molar-refractivity contribution is 6.15. The summed E-state index contributed by atoms with van der Waals surface area (Å²) in [6.45, 7) is 3.27. The zero-order chi connectivity index (χ0) is 19.8. The smallest absolute Gasteiger partial charge is 0.347 e. The van der Waals surface area contributed by atoms with Gasteiger partial charge in [0.05, 0.1) is 11.3 Å². The summed E-state index contributed by atoms with van der Waals surface area (Å²) in [6.07, 6.45) is 1.47. The molecule has 0 bridgehead atoms. The van der Waals surface area contributed by atoms with Crippen LogP contribution >= 0.6 is 0 Å². The van der Waals surface area contributed by atoms with Crippen molar-refractivity contribution in [2.75, 3.05) is 0 Å². The van der Waals surface area contributed by atoms with Gasteiger partial charge in [-0.1, -0.05) is 30.3 Å². The number of aryl methyl sites for hydroxylation is 1. The Bertz CT molecular complexity index is 1300. The third-order valence-corrected chi connectivity index (χ3v) is 4.44. The molecule has 0 aliphatic heterocycles. The molecule has 138 valence electrons. The van der Waals surface area contributed by atoms with Gasteiger partial charge in [0.2, 0.25) is 5.78 Å². The molecule has 28 heavy (non-hydrogen) atoms. The van der Waals surface area contributed by atoms with Crippen LogP contribution in [0, 0.1) is 6.92 Å². The first kappa shape index (κ1) is 17.6. The van der Waals surface area contributed by atoms with Gasteiger partial charge in [0.15, 0.2) is 5.78 Å². The van der Waals surface area contributed by atoms with Crippen LogP contribution in [0.25, 0.3) is 16.7 Å². The topological polar surface area (TPSA) is 82.2 Å². The van der Waals surface area contributed by atoms with Crippen LogP contribution in [0.2, 0.25) is 0 Å². The van der Waals surface area contributed by atoms with E-state index in [9.17, 15) is 14.4 Å². The van der Waals surface area contributed by atoms with Crippen molar-refractivity contribution in [1.82, 2.24) is 9.78 Å². The molecule has 6 nitrogen and oxygen atoms in total. The molecule has 6 heteroatoms. The van der Waals surface area contributed by atoms with E-state index in [1.807, 2.05) is 31.2 Å². The SMILES string of the molecule is CC(=O)c1nn(-c2cccc(C)c2)cc1C(=O)c1cc2ccccc2oc1=O. The Labute approximate surface area is 160 Å². The summed E-state index contributed by atoms with van der Waals surface area (Å²) in [6, 6.07) is 15.9. The van der Waals surface area contributed by atoms with Gasteiger partial charge in [-0.25, -0.2) is 9.48 Å². The second-order valence-electron chi connectivity index (χ2n) is 6.55. The molecule has 2 heterocycles. The van der Waals surface area contributed by atoms with Crippen molar-refractivity contribution in [3.63, 3.8) is 0 Å². The number of para-hydroxylation sites is 1. The lowest BCUT2D eigenvalue weighted by atomic mass is 10.0. The summed E-state index contributed by atoms with van der Waals surface area (Å²) in [7, 11) is 0. The molecule has 0 fully saturated rings. The Morgan fingerprint density at radius 2 is 1.79 bits per heavy atom. The zero-order valence-electron chi connectivity index (χ0n) is 15.3. The number of benzene rings is 2. The summed E-state index contributed by atoms with van der Waals surface area (Å²) >= 11 is 0. The minimum Gasteiger partial charge on any atom is -0.422 e. The molecule has 0 saturated carbocycles. The van der Waals surface area contributed by atoms with Crippen LogP contribution in [-0.4, -0.2) is 21.3 Å². The number of ketones is 2. The normalized spacial score (nSPS) is 10.9. The van der Waals surface area contributed by atoms with Gasteiger partial charge in [-0.05, 0) is 36.8 Å². The second-order valence-corrected chi connectivity index (χ2v) is 6.55. The number of Topliss-reactive ketones (excluding diaryl/α,β-unsaturated/α-hetero) is 1. The minimum atomic E-state index is -0.749. The maximum atomic E-state index is 13.1. The molecule has 2 aromatic carbocycles. The average molecular weight is 372 g/mol. The van der Waals surface area contributed by atoms with Crippen molar-refractivity contribution in [1.29, 1.82) is 0 Å². The van der Waals surface area contributed by atoms with E-state index in [1.165, 1.54) is 23.9 Å². The number of rotatable bonds is 4. The molecule has 4 rings (SSSR count). The molecule has 0 unspecified atom stereocenters. The van der Waals surface area contributed by atoms with Crippen LogP contribution in [0.3, 0.4) is 0 Å². The molecule has 4 aromatic rings. The lowest BCUT2D eigenvalue weighted by Crippen LogP contribution is -2.16. The van der Waals surface area contributed by atoms with E-state index in [2.05, 4.69) is 5.10 Å². The molecular weight excluding hydrogens is 356 g/mol. The van der Waals surface area contributed by atoms with Gasteiger partial charge < -0.3 is 4.42 Å². The van der Waals surface area contributed by atoms with Crippen molar-refractivity contribution < 1.29 is 14.0 Å². The summed E-state index contributed by atoms with van der Waals surface area (Å²) in [5, 5.41) is 4.90. The predicted octanol–water partition coefficient (Wildman–Crippen LogP) is 3.72. The van der Waals surface area contributed by atoms with Gasteiger partial charge in [-0.2, -0.15) is 5.10 Å². The largest absolute Gasteiger partial charge is 0.422 e. The molecule has 0 saturated heterocycles. The van der Waals surface area contributed by atoms with E-state index in [4.69, 9.17) is 4.42 Å². The number of hydrogen-bond donors (Lipinski definition) is 0. The number of carbonyl (C=O) groups is 2. The second kappa shape index (κ2) is 6.74. The van der Waals surface area contributed by atoms with Crippen LogP contribution in [0.1, 0.15) is 38.9 Å². The molecule has 0 amide bonds. The Kier molecular flexibility index (Phi) is 4.24. The van der Waals surface area contributed by atoms with Crippen molar-refractivity contribution >= 4 is 22.5 Å². The number of fused-ring (bicyclic) bond motifs is 1. The maximum absolute atomic E-state index is 13.1. The van der Waals surface area contributed by atoms with Gasteiger partial charge in [-0.15, -0.1) is 0 Å². The summed E-state index contributed by atoms with van der Waals surface area (Å²) in [5.74, 6) is -0.955. The molecule has 0 atom stereocenters. The lowest BCUT2D eigenvalue weighted by molar-refractivity contribution is 0.0986. The quantitative estimate of drug-likeness (QED) is 0.403. The molecule has 0 N–H and O–H groups in total. The average Bonchev–Trinajstić information content (AvgIpc) is 3.13. The van der Waals surface area contributed by atoms with Gasteiger partial charge in [0, 0.05) is 18.5 Å². The molecular formula is C22H16N2O4. The monoisotopic (exact) mass is 372 g/mol. The van der Waals surface area contributed by atoms with Crippen molar-refractivity contribution in [3.8, 4) is 5.69 Å². The van der Waals surface area contributed by atoms with Crippen LogP contribution in [0.15, 0.2) is 70.0 Å². The van der Waals surface area contributed by atoms with Crippen molar-refractivity contribution in [2.24, 2.45) is 0 Å². The van der Waals surface area contributed by atoms with E-state index >= 15 is 0 Å². The first-order chi connectivity index (χ1) is 13.4. The van der Waals surface area contributed by atoms with E-state index in [1.54, 1.807) is 24.3 Å². The van der Waals surface area contributed by atoms with Gasteiger partial charge in [-0.3, -0.25) is 9.59 Å². The molecule has 0 aliphatic carbocycles. The van der Waals surface area contributed by atoms with Gasteiger partial charge in [0.25, 0.3) is 0 Å². The third-order valence-electron chi connectivity index (χ3n) is 4.44. The van der Waals surface area contributed by atoms with Crippen LogP contribution in [-0.2, 0) is 0 Å². The van der Waals surface area contributed by atoms with E-state index in [0.29, 0.717) is 16.7 Å². The number of nitrogens with zero attached hydrogens (tertiary/aromatic N) is 2. The highest BCUT2D eigenvalue weighted by atomic mass is 16.4. The van der Waals surface area contributed by atoms with Gasteiger partial charge in [0.1, 0.15) is 16.8 Å². The molecule has 2 aromatic heterocycles. The highest BCUT2D eigenvalue weighted by Crippen LogP contribution is 2.19. The fourth-order valence-electron chi connectivity index (χ4n) is 3.07. The lowest BCUT2D eigenvalue weighted by Gasteiger charge is -2.02. The maximum Gasteiger partial charge on any atom is 0.347 e. The summed E-state index contributed by atoms with van der Waals surface area (Å²) < 4.78 is 6.73. The van der Waals surface area contributed by atoms with E-state index < -0.39 is 11.4 Å². The molecule has 0 radical (unpaired) electrons. The molecule has 0 spiro atoms. The first-order valence-corrected chi connectivity index (χ1v) is 8.69. The van der Waals surface area contributed by atoms with E-state index in [-0.39, 0.29) is 22.6 Å². The Morgan fingerprint density at radius 3 is 2.54 bits per heavy atom. The standard InChI is InChI=1S/C22H16N2O4/c1-13-6-5-8-16(10-13)24-12-18(20(23-24)14(2)25)21(26)17-11-15-7-3-4-9-19(15)28-22(17)27/h3-12H,1-2H3. The van der Waals surface area contributed by atoms with Crippen LogP contribution in [0.4, 0.5) is 0 Å². The predicted molar refractivity (Wildman–Crippen MR) is 104 cm³/mol. The molecule has 0 aliphatic rings. The number of aromatic nitrogens is 2. The van der Waals surface area contributed by atoms with Crippen LogP contribution in [0.5, 0.6) is 0 Å². The summed E-state index contributed by atoms with van der Waals surface area (Å²) in [5.41, 5.74) is 1.32. The number of hydrogen-bond acceptors (Lipinski definition) is 5. The van der Waals surface area contributed by atoms with Crippen molar-refractivity contribution in [2.45, 2.75) is 13.8 Å². The van der Waals surface area contributed by atoms with Gasteiger partial charge >= 0.3 is 5.63 Å². The fraction of sp³-hybridized carbons (Fsp3) is 0.0909. The zero-order valence-corrected chi connectivity index (χ0v) is 15.3. The van der Waals surface area contributed by atoms with Crippen LogP contribution < -0.4 is 5.63 Å². The minimum absolute atomic E-state index is 0.0130. The summed E-state index contributed by atoms with van der Waals surface area (Å²) in [4.78, 5) is 37.5. The van der Waals surface area contributed by atoms with E-state index in [0.717, 1.165) is 5.56 Å². The van der Waals surface area contributed by atoms with Crippen molar-refractivity contribution in [3.05, 3.63) is 93.6 Å². The Hall–Kier alpha value is -3.80. The highest BCUT2D eigenvalue weighted by Gasteiger charge is 2.24. The fourth-order valence-corrected chi connectivity index (χ4v) is 3.07. The third kappa shape index (κ3) is 3.05. The number of carbonyl (C=O) groups excluding carboxylic acids is 2. The Balaban J connectivity index is 1.86. The first-order valence-electron chi connectivity index (χ1n) is 8.69.